The van der Waals surface area contributed by atoms with Crippen molar-refractivity contribution in [3.8, 4) is 6.07 Å². The van der Waals surface area contributed by atoms with E-state index >= 15 is 0 Å². The molecule has 7 heteroatoms. The van der Waals surface area contributed by atoms with Crippen molar-refractivity contribution in [1.29, 1.82) is 5.26 Å². The predicted molar refractivity (Wildman–Crippen MR) is 75.8 cm³/mol. The average molecular weight is 293 g/mol. The third kappa shape index (κ3) is 2.62. The Bertz CT molecular complexity index is 894. The second-order valence-electron chi connectivity index (χ2n) is 4.62. The van der Waals surface area contributed by atoms with E-state index in [1.54, 1.807) is 36.5 Å². The number of esters is 1. The third-order valence-electron chi connectivity index (χ3n) is 3.04. The van der Waals surface area contributed by atoms with Crippen LogP contribution in [0.2, 0.25) is 0 Å². The van der Waals surface area contributed by atoms with Crippen LogP contribution in [0.15, 0.2) is 36.5 Å². The molecule has 0 aliphatic rings. The van der Waals surface area contributed by atoms with Crippen LogP contribution in [-0.2, 0) is 11.3 Å². The number of nitriles is 1. The Morgan fingerprint density at radius 1 is 1.41 bits per heavy atom. The first-order valence-electron chi connectivity index (χ1n) is 6.52. The minimum absolute atomic E-state index is 0.0433. The normalized spacial score (nSPS) is 10.4. The Morgan fingerprint density at radius 2 is 2.27 bits per heavy atom. The number of carbonyl (C=O) groups excluding carboxylic acids is 1. The summed E-state index contributed by atoms with van der Waals surface area (Å²) in [6, 6.07) is 10.7. The van der Waals surface area contributed by atoms with Crippen molar-refractivity contribution in [2.45, 2.75) is 13.5 Å². The van der Waals surface area contributed by atoms with Crippen molar-refractivity contribution < 1.29 is 9.53 Å². The summed E-state index contributed by atoms with van der Waals surface area (Å²) >= 11 is 0. The van der Waals surface area contributed by atoms with Crippen LogP contribution in [0.25, 0.3) is 5.78 Å². The molecule has 0 radical (unpaired) electrons. The van der Waals surface area contributed by atoms with Gasteiger partial charge >= 0.3 is 5.97 Å². The van der Waals surface area contributed by atoms with Crippen LogP contribution in [0.4, 0.5) is 0 Å². The summed E-state index contributed by atoms with van der Waals surface area (Å²) in [6.45, 7) is 1.89. The molecule has 0 spiro atoms. The zero-order valence-corrected chi connectivity index (χ0v) is 11.7. The third-order valence-corrected chi connectivity index (χ3v) is 3.04. The van der Waals surface area contributed by atoms with Gasteiger partial charge < -0.3 is 4.74 Å². The summed E-state index contributed by atoms with van der Waals surface area (Å²) < 4.78 is 6.65. The quantitative estimate of drug-likeness (QED) is 0.682. The van der Waals surface area contributed by atoms with Crippen LogP contribution >= 0.6 is 0 Å². The van der Waals surface area contributed by atoms with Gasteiger partial charge in [0, 0.05) is 11.9 Å². The molecule has 2 heterocycles. The predicted octanol–water partition coefficient (Wildman–Crippen LogP) is 1.66. The highest BCUT2D eigenvalue weighted by Gasteiger charge is 2.16. The van der Waals surface area contributed by atoms with Gasteiger partial charge in [-0.15, -0.1) is 5.10 Å². The van der Waals surface area contributed by atoms with Gasteiger partial charge in [0.25, 0.3) is 11.6 Å². The Morgan fingerprint density at radius 3 is 3.05 bits per heavy atom. The molecule has 0 aliphatic heterocycles. The zero-order valence-electron chi connectivity index (χ0n) is 11.7. The molecular weight excluding hydrogens is 282 g/mol. The largest absolute Gasteiger partial charge is 0.455 e. The summed E-state index contributed by atoms with van der Waals surface area (Å²) in [6.07, 6.45) is 1.60. The lowest BCUT2D eigenvalue weighted by atomic mass is 10.1. The second-order valence-corrected chi connectivity index (χ2v) is 4.62. The summed E-state index contributed by atoms with van der Waals surface area (Å²) in [5.41, 5.74) is 2.06. The molecule has 0 aliphatic carbocycles. The van der Waals surface area contributed by atoms with Gasteiger partial charge in [-0.1, -0.05) is 12.1 Å². The molecule has 0 unspecified atom stereocenters. The molecule has 0 saturated carbocycles. The van der Waals surface area contributed by atoms with E-state index in [2.05, 4.69) is 15.1 Å². The Balaban J connectivity index is 1.76. The summed E-state index contributed by atoms with van der Waals surface area (Å²) in [7, 11) is 0. The van der Waals surface area contributed by atoms with E-state index in [4.69, 9.17) is 10.00 Å². The minimum Gasteiger partial charge on any atom is -0.455 e. The number of benzene rings is 1. The molecule has 1 aromatic carbocycles. The van der Waals surface area contributed by atoms with Crippen LogP contribution in [0, 0.1) is 18.3 Å². The topological polar surface area (TPSA) is 93.2 Å². The number of hydrogen-bond acceptors (Lipinski definition) is 6. The number of nitrogens with zero attached hydrogens (tertiary/aromatic N) is 5. The molecule has 0 amide bonds. The fraction of sp³-hybridized carbons (Fsp3) is 0.133. The van der Waals surface area contributed by atoms with Crippen LogP contribution < -0.4 is 0 Å². The molecule has 0 fully saturated rings. The van der Waals surface area contributed by atoms with Crippen molar-refractivity contribution >= 4 is 11.7 Å². The van der Waals surface area contributed by atoms with Crippen LogP contribution in [0.3, 0.4) is 0 Å². The lowest BCUT2D eigenvalue weighted by molar-refractivity contribution is 0.0458. The maximum Gasteiger partial charge on any atom is 0.378 e. The maximum absolute atomic E-state index is 12.0. The van der Waals surface area contributed by atoms with E-state index in [1.165, 1.54) is 4.52 Å². The van der Waals surface area contributed by atoms with Gasteiger partial charge in [-0.2, -0.15) is 10.2 Å². The van der Waals surface area contributed by atoms with Gasteiger partial charge in [0.1, 0.15) is 6.61 Å². The van der Waals surface area contributed by atoms with E-state index in [0.717, 1.165) is 11.3 Å². The Labute approximate surface area is 125 Å². The van der Waals surface area contributed by atoms with Crippen molar-refractivity contribution in [2.24, 2.45) is 0 Å². The highest BCUT2D eigenvalue weighted by atomic mass is 16.5. The number of ether oxygens (including phenoxy) is 1. The van der Waals surface area contributed by atoms with Gasteiger partial charge in [-0.3, -0.25) is 0 Å². The molecule has 7 nitrogen and oxygen atoms in total. The maximum atomic E-state index is 12.0. The van der Waals surface area contributed by atoms with Gasteiger partial charge in [0.2, 0.25) is 0 Å². The molecule has 3 aromatic rings. The van der Waals surface area contributed by atoms with Crippen LogP contribution in [0.1, 0.15) is 27.4 Å². The molecule has 0 saturated heterocycles. The SMILES string of the molecule is Cc1ccnc2nc(C(=O)OCc3cccc(C#N)c3)nn12. The number of fused-ring (bicyclic) bond motifs is 1. The average Bonchev–Trinajstić information content (AvgIpc) is 2.98. The van der Waals surface area contributed by atoms with Crippen LogP contribution in [0.5, 0.6) is 0 Å². The van der Waals surface area contributed by atoms with E-state index in [1.807, 2.05) is 13.0 Å². The summed E-state index contributed by atoms with van der Waals surface area (Å²) in [4.78, 5) is 20.1. The fourth-order valence-corrected chi connectivity index (χ4v) is 1.94. The van der Waals surface area contributed by atoms with Crippen LogP contribution in [-0.4, -0.2) is 25.6 Å². The lowest BCUT2D eigenvalue weighted by Gasteiger charge is -2.02. The van der Waals surface area contributed by atoms with Crippen molar-refractivity contribution in [2.75, 3.05) is 0 Å². The first-order chi connectivity index (χ1) is 10.7. The van der Waals surface area contributed by atoms with Crippen molar-refractivity contribution in [3.05, 3.63) is 59.2 Å². The minimum atomic E-state index is -0.632. The Kier molecular flexibility index (Phi) is 3.50. The highest BCUT2D eigenvalue weighted by Crippen LogP contribution is 2.08. The van der Waals surface area contributed by atoms with Gasteiger partial charge in [-0.25, -0.2) is 14.3 Å². The molecule has 108 valence electrons. The number of carbonyl (C=O) groups is 1. The summed E-state index contributed by atoms with van der Waals surface area (Å²) in [5.74, 6) is -0.330. The zero-order chi connectivity index (χ0) is 15.5. The molecule has 2 aromatic heterocycles. The fourth-order valence-electron chi connectivity index (χ4n) is 1.94. The molecular formula is C15H11N5O2. The summed E-state index contributed by atoms with van der Waals surface area (Å²) in [5, 5.41) is 12.9. The van der Waals surface area contributed by atoms with E-state index in [-0.39, 0.29) is 12.4 Å². The van der Waals surface area contributed by atoms with Crippen molar-refractivity contribution in [1.82, 2.24) is 19.6 Å². The molecule has 22 heavy (non-hydrogen) atoms. The van der Waals surface area contributed by atoms with Crippen molar-refractivity contribution in [3.63, 3.8) is 0 Å². The molecule has 0 bridgehead atoms. The molecule has 0 N–H and O–H groups in total. The van der Waals surface area contributed by atoms with Gasteiger partial charge in [0.15, 0.2) is 0 Å². The van der Waals surface area contributed by atoms with Gasteiger partial charge in [0.05, 0.1) is 11.6 Å². The molecule has 0 atom stereocenters. The number of aryl methyl sites for hydroxylation is 1. The second kappa shape index (κ2) is 5.61. The first-order valence-corrected chi connectivity index (χ1v) is 6.52. The number of rotatable bonds is 3. The van der Waals surface area contributed by atoms with E-state index in [0.29, 0.717) is 11.3 Å². The lowest BCUT2D eigenvalue weighted by Crippen LogP contribution is -2.08. The first kappa shape index (κ1) is 13.7. The standard InChI is InChI=1S/C15H11N5O2/c1-10-5-6-17-15-18-13(19-20(10)15)14(21)22-9-12-4-2-3-11(7-12)8-16/h2-7H,9H2,1H3. The van der Waals surface area contributed by atoms with E-state index < -0.39 is 5.97 Å². The molecule has 3 rings (SSSR count). The number of aromatic nitrogens is 4. The number of hydrogen-bond donors (Lipinski definition) is 0. The smallest absolute Gasteiger partial charge is 0.378 e. The van der Waals surface area contributed by atoms with Gasteiger partial charge in [-0.05, 0) is 30.7 Å². The Hall–Kier alpha value is -3.27. The monoisotopic (exact) mass is 293 g/mol. The van der Waals surface area contributed by atoms with E-state index in [9.17, 15) is 4.79 Å². The highest BCUT2D eigenvalue weighted by molar-refractivity contribution is 5.85.